The minimum absolute atomic E-state index is 0.154. The Balaban J connectivity index is 1.67. The molecule has 5 heteroatoms. The van der Waals surface area contributed by atoms with Gasteiger partial charge in [-0.1, -0.05) is 36.4 Å². The predicted molar refractivity (Wildman–Crippen MR) is 96.5 cm³/mol. The summed E-state index contributed by atoms with van der Waals surface area (Å²) in [7, 11) is 0. The van der Waals surface area contributed by atoms with Crippen LogP contribution in [0.3, 0.4) is 0 Å². The van der Waals surface area contributed by atoms with Crippen molar-refractivity contribution in [1.29, 1.82) is 0 Å². The van der Waals surface area contributed by atoms with E-state index in [2.05, 4.69) is 17.1 Å². The molecular formula is C20H18NO3S-. The van der Waals surface area contributed by atoms with Gasteiger partial charge < -0.3 is 14.6 Å². The molecule has 0 saturated carbocycles. The fraction of sp³-hybridized carbons (Fsp3) is 0.200. The molecule has 4 nitrogen and oxygen atoms in total. The first-order valence-corrected chi connectivity index (χ1v) is 8.83. The second kappa shape index (κ2) is 7.49. The summed E-state index contributed by atoms with van der Waals surface area (Å²) in [6, 6.07) is 14.1. The van der Waals surface area contributed by atoms with Crippen LogP contribution in [0.25, 0.3) is 10.6 Å². The molecule has 0 unspecified atom stereocenters. The molecule has 128 valence electrons. The fourth-order valence-corrected chi connectivity index (χ4v) is 3.26. The lowest BCUT2D eigenvalue weighted by atomic mass is 10.1. The van der Waals surface area contributed by atoms with E-state index in [9.17, 15) is 9.90 Å². The molecule has 0 atom stereocenters. The van der Waals surface area contributed by atoms with Crippen LogP contribution in [0.15, 0.2) is 47.8 Å². The minimum atomic E-state index is -1.12. The summed E-state index contributed by atoms with van der Waals surface area (Å²) in [5.74, 6) is -0.216. The predicted octanol–water partition coefficient (Wildman–Crippen LogP) is 3.30. The highest BCUT2D eigenvalue weighted by atomic mass is 32.1. The Hall–Kier alpha value is -2.66. The summed E-state index contributed by atoms with van der Waals surface area (Å²) in [6.45, 7) is 4.58. The molecule has 25 heavy (non-hydrogen) atoms. The highest BCUT2D eigenvalue weighted by Crippen LogP contribution is 2.25. The average Bonchev–Trinajstić information content (AvgIpc) is 3.04. The number of carbonyl (C=O) groups excluding carboxylic acids is 1. The zero-order valence-electron chi connectivity index (χ0n) is 14.1. The Kier molecular flexibility index (Phi) is 5.14. The van der Waals surface area contributed by atoms with Crippen LogP contribution in [0, 0.1) is 13.8 Å². The van der Waals surface area contributed by atoms with Crippen LogP contribution in [0.5, 0.6) is 5.75 Å². The number of thiazole rings is 1. The maximum Gasteiger partial charge on any atom is 0.123 e. The number of aliphatic carboxylic acids is 1. The van der Waals surface area contributed by atoms with Crippen LogP contribution in [0.2, 0.25) is 0 Å². The summed E-state index contributed by atoms with van der Waals surface area (Å²) in [6.07, 6.45) is -0.154. The largest absolute Gasteiger partial charge is 0.550 e. The number of aryl methyl sites for hydroxylation is 2. The van der Waals surface area contributed by atoms with Gasteiger partial charge in [-0.25, -0.2) is 4.98 Å². The van der Waals surface area contributed by atoms with E-state index in [1.165, 1.54) is 16.9 Å². The maximum atomic E-state index is 10.6. The Labute approximate surface area is 150 Å². The van der Waals surface area contributed by atoms with Crippen LogP contribution in [0.1, 0.15) is 22.4 Å². The summed E-state index contributed by atoms with van der Waals surface area (Å²) >= 11 is 1.43. The Bertz CT molecular complexity index is 884. The molecule has 0 fully saturated rings. The van der Waals surface area contributed by atoms with E-state index in [-0.39, 0.29) is 6.42 Å². The third kappa shape index (κ3) is 4.45. The highest BCUT2D eigenvalue weighted by molar-refractivity contribution is 7.13. The van der Waals surface area contributed by atoms with Gasteiger partial charge in [0.2, 0.25) is 0 Å². The van der Waals surface area contributed by atoms with Crippen LogP contribution < -0.4 is 9.84 Å². The van der Waals surface area contributed by atoms with Crippen molar-refractivity contribution in [3.8, 4) is 16.3 Å². The molecule has 0 spiro atoms. The molecule has 0 aliphatic carbocycles. The zero-order chi connectivity index (χ0) is 17.8. The first kappa shape index (κ1) is 17.2. The Morgan fingerprint density at radius 1 is 1.16 bits per heavy atom. The monoisotopic (exact) mass is 352 g/mol. The second-order valence-corrected chi connectivity index (χ2v) is 6.81. The van der Waals surface area contributed by atoms with Crippen LogP contribution in [-0.2, 0) is 17.8 Å². The molecule has 2 aromatic carbocycles. The molecule has 1 aromatic heterocycles. The number of carbonyl (C=O) groups is 1. The van der Waals surface area contributed by atoms with Gasteiger partial charge in [0.1, 0.15) is 17.4 Å². The SMILES string of the molecule is Cc1ccc(C)c(OCc2ccc(-c3nc(CC(=O)[O-])cs3)cc2)c1. The van der Waals surface area contributed by atoms with Crippen molar-refractivity contribution in [1.82, 2.24) is 4.98 Å². The lowest BCUT2D eigenvalue weighted by Crippen LogP contribution is -2.24. The topological polar surface area (TPSA) is 62.2 Å². The molecule has 3 rings (SSSR count). The number of carboxylic acids is 1. The number of benzene rings is 2. The van der Waals surface area contributed by atoms with E-state index in [4.69, 9.17) is 4.74 Å². The van der Waals surface area contributed by atoms with Gasteiger partial charge in [-0.05, 0) is 36.6 Å². The molecule has 1 heterocycles. The number of rotatable bonds is 6. The standard InChI is InChI=1S/C20H19NO3S/c1-13-3-4-14(2)18(9-13)24-11-15-5-7-16(8-6-15)20-21-17(12-25-20)10-19(22)23/h3-9,12H,10-11H2,1-2H3,(H,22,23)/p-1. The summed E-state index contributed by atoms with van der Waals surface area (Å²) in [5.41, 5.74) is 4.85. The summed E-state index contributed by atoms with van der Waals surface area (Å²) in [4.78, 5) is 15.0. The van der Waals surface area contributed by atoms with Gasteiger partial charge in [-0.2, -0.15) is 0 Å². The molecule has 0 amide bonds. The van der Waals surface area contributed by atoms with Gasteiger partial charge in [0.15, 0.2) is 0 Å². The molecule has 0 bridgehead atoms. The first-order chi connectivity index (χ1) is 12.0. The summed E-state index contributed by atoms with van der Waals surface area (Å²) < 4.78 is 5.91. The molecule has 0 radical (unpaired) electrons. The molecule has 0 N–H and O–H groups in total. The van der Waals surface area contributed by atoms with Crippen LogP contribution >= 0.6 is 11.3 Å². The van der Waals surface area contributed by atoms with E-state index < -0.39 is 5.97 Å². The number of aromatic nitrogens is 1. The van der Waals surface area contributed by atoms with Gasteiger partial charge in [0.25, 0.3) is 0 Å². The highest BCUT2D eigenvalue weighted by Gasteiger charge is 2.06. The van der Waals surface area contributed by atoms with E-state index in [1.54, 1.807) is 5.38 Å². The lowest BCUT2D eigenvalue weighted by Gasteiger charge is -2.10. The maximum absolute atomic E-state index is 10.6. The van der Waals surface area contributed by atoms with Gasteiger partial charge in [0.05, 0.1) is 5.69 Å². The van der Waals surface area contributed by atoms with Gasteiger partial charge in [0, 0.05) is 23.3 Å². The molecular weight excluding hydrogens is 334 g/mol. The Morgan fingerprint density at radius 3 is 2.64 bits per heavy atom. The van der Waals surface area contributed by atoms with Crippen molar-refractivity contribution in [2.24, 2.45) is 0 Å². The number of nitrogens with zero attached hydrogens (tertiary/aromatic N) is 1. The summed E-state index contributed by atoms with van der Waals surface area (Å²) in [5, 5.41) is 13.2. The number of ether oxygens (including phenoxy) is 1. The first-order valence-electron chi connectivity index (χ1n) is 7.95. The van der Waals surface area contributed by atoms with Gasteiger partial charge >= 0.3 is 0 Å². The van der Waals surface area contributed by atoms with Crippen molar-refractivity contribution in [2.75, 3.05) is 0 Å². The molecule has 0 aliphatic rings. The fourth-order valence-electron chi connectivity index (χ4n) is 2.44. The van der Waals surface area contributed by atoms with Crippen molar-refractivity contribution in [2.45, 2.75) is 26.9 Å². The van der Waals surface area contributed by atoms with E-state index in [1.807, 2.05) is 44.2 Å². The van der Waals surface area contributed by atoms with Crippen molar-refractivity contribution in [3.63, 3.8) is 0 Å². The van der Waals surface area contributed by atoms with E-state index >= 15 is 0 Å². The van der Waals surface area contributed by atoms with E-state index in [0.29, 0.717) is 12.3 Å². The van der Waals surface area contributed by atoms with Crippen molar-refractivity contribution < 1.29 is 14.6 Å². The smallest absolute Gasteiger partial charge is 0.123 e. The van der Waals surface area contributed by atoms with Crippen LogP contribution in [-0.4, -0.2) is 11.0 Å². The number of hydrogen-bond acceptors (Lipinski definition) is 5. The average molecular weight is 352 g/mol. The van der Waals surface area contributed by atoms with Gasteiger partial charge in [-0.15, -0.1) is 11.3 Å². The number of hydrogen-bond donors (Lipinski definition) is 0. The molecule has 3 aromatic rings. The minimum Gasteiger partial charge on any atom is -0.550 e. The van der Waals surface area contributed by atoms with Crippen molar-refractivity contribution in [3.05, 3.63) is 70.2 Å². The third-order valence-electron chi connectivity index (χ3n) is 3.82. The van der Waals surface area contributed by atoms with Crippen molar-refractivity contribution >= 4 is 17.3 Å². The normalized spacial score (nSPS) is 10.6. The van der Waals surface area contributed by atoms with Gasteiger partial charge in [-0.3, -0.25) is 0 Å². The lowest BCUT2D eigenvalue weighted by molar-refractivity contribution is -0.304. The molecule has 0 saturated heterocycles. The van der Waals surface area contributed by atoms with E-state index in [0.717, 1.165) is 27.4 Å². The number of carboxylic acid groups (broad SMARTS) is 1. The van der Waals surface area contributed by atoms with Crippen LogP contribution in [0.4, 0.5) is 0 Å². The quantitative estimate of drug-likeness (QED) is 0.683. The zero-order valence-corrected chi connectivity index (χ0v) is 14.9. The molecule has 0 aliphatic heterocycles. The Morgan fingerprint density at radius 2 is 1.92 bits per heavy atom. The third-order valence-corrected chi connectivity index (χ3v) is 4.76. The second-order valence-electron chi connectivity index (χ2n) is 5.95.